The molecule has 0 spiro atoms. The van der Waals surface area contributed by atoms with Crippen LogP contribution in [0.2, 0.25) is 0 Å². The highest BCUT2D eigenvalue weighted by atomic mass is 16.5. The summed E-state index contributed by atoms with van der Waals surface area (Å²) < 4.78 is 5.23. The number of carbonyl (C=O) groups excluding carboxylic acids is 1. The summed E-state index contributed by atoms with van der Waals surface area (Å²) in [6, 6.07) is 17.5. The number of ether oxygens (including phenoxy) is 1. The van der Waals surface area contributed by atoms with E-state index in [0.717, 1.165) is 37.1 Å². The van der Waals surface area contributed by atoms with E-state index in [9.17, 15) is 4.79 Å². The molecule has 1 atom stereocenters. The van der Waals surface area contributed by atoms with E-state index in [1.807, 2.05) is 19.1 Å². The van der Waals surface area contributed by atoms with E-state index in [1.54, 1.807) is 31.4 Å². The molecule has 1 aliphatic rings. The summed E-state index contributed by atoms with van der Waals surface area (Å²) in [5.41, 5.74) is 2.71. The third-order valence-electron chi connectivity index (χ3n) is 5.76. The van der Waals surface area contributed by atoms with Crippen LogP contribution in [0.3, 0.4) is 0 Å². The number of benzene rings is 2. The van der Waals surface area contributed by atoms with Gasteiger partial charge in [-0.15, -0.1) is 0 Å². The summed E-state index contributed by atoms with van der Waals surface area (Å²) >= 11 is 0. The molecule has 3 rings (SSSR count). The van der Waals surface area contributed by atoms with E-state index in [1.165, 1.54) is 5.56 Å². The first kappa shape index (κ1) is 19.0. The molecular formula is C23H26N2O2. The molecule has 0 saturated heterocycles. The molecule has 27 heavy (non-hydrogen) atoms. The van der Waals surface area contributed by atoms with E-state index < -0.39 is 0 Å². The minimum atomic E-state index is -0.0162. The molecule has 1 saturated carbocycles. The van der Waals surface area contributed by atoms with Gasteiger partial charge in [-0.2, -0.15) is 5.26 Å². The lowest BCUT2D eigenvalue weighted by atomic mass is 9.74. The molecule has 2 aromatic carbocycles. The molecule has 4 nitrogen and oxygen atoms in total. The summed E-state index contributed by atoms with van der Waals surface area (Å²) in [5.74, 6) is 1.92. The molecule has 1 N–H and O–H groups in total. The smallest absolute Gasteiger partial charge is 0.227 e. The Kier molecular flexibility index (Phi) is 6.13. The van der Waals surface area contributed by atoms with Crippen LogP contribution in [0.1, 0.15) is 49.7 Å². The van der Waals surface area contributed by atoms with Crippen LogP contribution >= 0.6 is 0 Å². The van der Waals surface area contributed by atoms with Crippen LogP contribution < -0.4 is 10.1 Å². The number of amides is 1. The summed E-state index contributed by atoms with van der Waals surface area (Å²) in [6.07, 6.45) is 4.37. The maximum atomic E-state index is 12.6. The zero-order valence-electron chi connectivity index (χ0n) is 15.9. The largest absolute Gasteiger partial charge is 0.497 e. The van der Waals surface area contributed by atoms with E-state index in [0.29, 0.717) is 17.4 Å². The average Bonchev–Trinajstić information content (AvgIpc) is 2.74. The molecule has 2 aromatic rings. The standard InChI is InChI=1S/C23H26N2O2/c1-16(23(26)25-21-11-3-17(15-24)4-12-21)18-5-7-19(8-6-18)20-9-13-22(27-2)14-10-20/h3-4,9-14,16,18-19H,5-8H2,1-2H3,(H,25,26). The Balaban J connectivity index is 1.53. The van der Waals surface area contributed by atoms with Crippen molar-refractivity contribution in [2.45, 2.75) is 38.5 Å². The highest BCUT2D eigenvalue weighted by Gasteiger charge is 2.29. The lowest BCUT2D eigenvalue weighted by Gasteiger charge is -2.32. The minimum absolute atomic E-state index is 0.0162. The second-order valence-corrected chi connectivity index (χ2v) is 7.35. The Bertz CT molecular complexity index is 798. The van der Waals surface area contributed by atoms with Gasteiger partial charge < -0.3 is 10.1 Å². The predicted molar refractivity (Wildman–Crippen MR) is 107 cm³/mol. The van der Waals surface area contributed by atoms with Crippen LogP contribution in [0, 0.1) is 23.2 Å². The Morgan fingerprint density at radius 1 is 1.07 bits per heavy atom. The van der Waals surface area contributed by atoms with Gasteiger partial charge in [0.15, 0.2) is 0 Å². The third kappa shape index (κ3) is 4.68. The zero-order valence-corrected chi connectivity index (χ0v) is 15.9. The molecule has 1 aliphatic carbocycles. The molecule has 1 unspecified atom stereocenters. The Morgan fingerprint density at radius 3 is 2.26 bits per heavy atom. The van der Waals surface area contributed by atoms with Crippen LogP contribution in [0.5, 0.6) is 5.75 Å². The number of nitriles is 1. The number of hydrogen-bond donors (Lipinski definition) is 1. The fourth-order valence-electron chi connectivity index (χ4n) is 3.93. The quantitative estimate of drug-likeness (QED) is 0.803. The molecule has 0 heterocycles. The number of hydrogen-bond acceptors (Lipinski definition) is 3. The zero-order chi connectivity index (χ0) is 19.2. The van der Waals surface area contributed by atoms with Crippen molar-refractivity contribution >= 4 is 11.6 Å². The van der Waals surface area contributed by atoms with Crippen molar-refractivity contribution in [2.24, 2.45) is 11.8 Å². The Morgan fingerprint density at radius 2 is 1.70 bits per heavy atom. The Hall–Kier alpha value is -2.80. The number of nitrogens with one attached hydrogen (secondary N) is 1. The highest BCUT2D eigenvalue weighted by molar-refractivity contribution is 5.92. The molecular weight excluding hydrogens is 336 g/mol. The Labute approximate surface area is 161 Å². The van der Waals surface area contributed by atoms with Crippen molar-refractivity contribution in [1.82, 2.24) is 0 Å². The van der Waals surface area contributed by atoms with Crippen LogP contribution in [0.15, 0.2) is 48.5 Å². The van der Waals surface area contributed by atoms with Crippen LogP contribution in [-0.2, 0) is 4.79 Å². The number of methoxy groups -OCH3 is 1. The van der Waals surface area contributed by atoms with Gasteiger partial charge in [-0.25, -0.2) is 0 Å². The maximum Gasteiger partial charge on any atom is 0.227 e. The number of anilines is 1. The summed E-state index contributed by atoms with van der Waals surface area (Å²) in [6.45, 7) is 2.03. The topological polar surface area (TPSA) is 62.1 Å². The van der Waals surface area contributed by atoms with Gasteiger partial charge in [-0.1, -0.05) is 19.1 Å². The van der Waals surface area contributed by atoms with Crippen molar-refractivity contribution < 1.29 is 9.53 Å². The molecule has 0 aliphatic heterocycles. The van der Waals surface area contributed by atoms with Crippen LogP contribution in [0.25, 0.3) is 0 Å². The first-order chi connectivity index (χ1) is 13.1. The summed E-state index contributed by atoms with van der Waals surface area (Å²) in [4.78, 5) is 12.6. The highest BCUT2D eigenvalue weighted by Crippen LogP contribution is 2.39. The summed E-state index contributed by atoms with van der Waals surface area (Å²) in [7, 11) is 1.69. The fraction of sp³-hybridized carbons (Fsp3) is 0.391. The van der Waals surface area contributed by atoms with E-state index >= 15 is 0 Å². The lowest BCUT2D eigenvalue weighted by Crippen LogP contribution is -2.29. The first-order valence-electron chi connectivity index (χ1n) is 9.55. The van der Waals surface area contributed by atoms with Gasteiger partial charge in [0.25, 0.3) is 0 Å². The van der Waals surface area contributed by atoms with E-state index in [2.05, 4.69) is 23.5 Å². The van der Waals surface area contributed by atoms with E-state index in [-0.39, 0.29) is 11.8 Å². The van der Waals surface area contributed by atoms with Crippen molar-refractivity contribution in [2.75, 3.05) is 12.4 Å². The molecule has 4 heteroatoms. The second kappa shape index (κ2) is 8.73. The number of carbonyl (C=O) groups is 1. The first-order valence-corrected chi connectivity index (χ1v) is 9.55. The molecule has 0 radical (unpaired) electrons. The minimum Gasteiger partial charge on any atom is -0.497 e. The fourth-order valence-corrected chi connectivity index (χ4v) is 3.93. The monoisotopic (exact) mass is 362 g/mol. The average molecular weight is 362 g/mol. The van der Waals surface area contributed by atoms with Gasteiger partial charge >= 0.3 is 0 Å². The van der Waals surface area contributed by atoms with Gasteiger partial charge in [0.2, 0.25) is 5.91 Å². The summed E-state index contributed by atoms with van der Waals surface area (Å²) in [5, 5.41) is 11.8. The lowest BCUT2D eigenvalue weighted by molar-refractivity contribution is -0.121. The predicted octanol–water partition coefficient (Wildman–Crippen LogP) is 5.12. The van der Waals surface area contributed by atoms with Crippen molar-refractivity contribution in [3.63, 3.8) is 0 Å². The van der Waals surface area contributed by atoms with Gasteiger partial charge in [-0.05, 0) is 79.5 Å². The number of nitrogens with zero attached hydrogens (tertiary/aromatic N) is 1. The molecule has 0 bridgehead atoms. The molecule has 140 valence electrons. The molecule has 1 fully saturated rings. The number of rotatable bonds is 5. The molecule has 1 amide bonds. The normalized spacial score (nSPS) is 20.3. The van der Waals surface area contributed by atoms with Gasteiger partial charge in [0.05, 0.1) is 18.7 Å². The van der Waals surface area contributed by atoms with Crippen LogP contribution in [0.4, 0.5) is 5.69 Å². The van der Waals surface area contributed by atoms with E-state index in [4.69, 9.17) is 10.00 Å². The van der Waals surface area contributed by atoms with Crippen molar-refractivity contribution in [3.05, 3.63) is 59.7 Å². The maximum absolute atomic E-state index is 12.6. The third-order valence-corrected chi connectivity index (χ3v) is 5.76. The van der Waals surface area contributed by atoms with Gasteiger partial charge in [-0.3, -0.25) is 4.79 Å². The van der Waals surface area contributed by atoms with Gasteiger partial charge in [0, 0.05) is 11.6 Å². The van der Waals surface area contributed by atoms with Crippen molar-refractivity contribution in [1.29, 1.82) is 5.26 Å². The SMILES string of the molecule is COc1ccc(C2CCC(C(C)C(=O)Nc3ccc(C#N)cc3)CC2)cc1. The van der Waals surface area contributed by atoms with Crippen LogP contribution in [-0.4, -0.2) is 13.0 Å². The van der Waals surface area contributed by atoms with Gasteiger partial charge in [0.1, 0.15) is 5.75 Å². The second-order valence-electron chi connectivity index (χ2n) is 7.35. The molecule has 0 aromatic heterocycles. The van der Waals surface area contributed by atoms with Crippen molar-refractivity contribution in [3.8, 4) is 11.8 Å².